The Morgan fingerprint density at radius 3 is 1.88 bits per heavy atom. The Kier molecular flexibility index (Phi) is 10.4. The number of hydrogen-bond acceptors (Lipinski definition) is 9. The number of H-pyrrole nitrogens is 1. The van der Waals surface area contributed by atoms with Gasteiger partial charge in [0.2, 0.25) is 0 Å². The van der Waals surface area contributed by atoms with Crippen LogP contribution >= 0.6 is 7.60 Å². The Bertz CT molecular complexity index is 1880. The minimum absolute atomic E-state index is 0.0455. The van der Waals surface area contributed by atoms with Gasteiger partial charge in [-0.15, -0.1) is 0 Å². The molecule has 2 aliphatic heterocycles. The van der Waals surface area contributed by atoms with Gasteiger partial charge in [0.1, 0.15) is 18.3 Å². The lowest BCUT2D eigenvalue weighted by Gasteiger charge is -2.43. The summed E-state index contributed by atoms with van der Waals surface area (Å²) < 4.78 is 55.4. The third-order valence-corrected chi connectivity index (χ3v) is 16.7. The summed E-state index contributed by atoms with van der Waals surface area (Å²) in [5.74, 6) is 0. The predicted molar refractivity (Wildman–Crippen MR) is 192 cm³/mol. The van der Waals surface area contributed by atoms with E-state index < -0.39 is 57.2 Å². The number of nitrogens with zero attached hydrogens (tertiary/aromatic N) is 1. The molecule has 266 valence electrons. The van der Waals surface area contributed by atoms with E-state index in [0.29, 0.717) is 11.1 Å². The van der Waals surface area contributed by atoms with Crippen LogP contribution in [0.25, 0.3) is 0 Å². The van der Waals surface area contributed by atoms with Crippen molar-refractivity contribution in [2.75, 3.05) is 19.8 Å². The molecule has 2 saturated heterocycles. The van der Waals surface area contributed by atoms with Crippen LogP contribution in [0.2, 0.25) is 5.04 Å². The molecule has 0 aliphatic carbocycles. The predicted octanol–water partition coefficient (Wildman–Crippen LogP) is 5.18. The molecule has 1 N–H and O–H groups in total. The van der Waals surface area contributed by atoms with Gasteiger partial charge in [-0.3, -0.25) is 18.9 Å². The monoisotopic (exact) mass is 720 g/mol. The lowest BCUT2D eigenvalue weighted by molar-refractivity contribution is -0.191. The Morgan fingerprint density at radius 1 is 0.840 bits per heavy atom. The maximum Gasteiger partial charge on any atom is 0.394 e. The molecule has 50 heavy (non-hydrogen) atoms. The molecule has 2 fully saturated rings. The molecule has 2 aliphatic rings. The van der Waals surface area contributed by atoms with Gasteiger partial charge in [0.15, 0.2) is 6.23 Å². The van der Waals surface area contributed by atoms with Crippen molar-refractivity contribution >= 4 is 26.3 Å². The second-order valence-electron chi connectivity index (χ2n) is 13.5. The van der Waals surface area contributed by atoms with E-state index in [4.69, 9.17) is 27.7 Å². The number of benzene rings is 3. The van der Waals surface area contributed by atoms with Gasteiger partial charge >= 0.3 is 18.8 Å². The zero-order chi connectivity index (χ0) is 35.7. The lowest BCUT2D eigenvalue weighted by Crippen LogP contribution is -2.67. The van der Waals surface area contributed by atoms with Crippen molar-refractivity contribution in [2.24, 2.45) is 0 Å². The van der Waals surface area contributed by atoms with E-state index in [1.165, 1.54) is 10.8 Å². The highest BCUT2D eigenvalue weighted by atomic mass is 31.2. The van der Waals surface area contributed by atoms with Crippen LogP contribution in [0, 0.1) is 6.92 Å². The molecule has 0 bridgehead atoms. The third-order valence-electron chi connectivity index (χ3n) is 9.28. The highest BCUT2D eigenvalue weighted by Crippen LogP contribution is 2.70. The average Bonchev–Trinajstić information content (AvgIpc) is 3.66. The first kappa shape index (κ1) is 36.3. The molecule has 5 atom stereocenters. The molecule has 0 unspecified atom stereocenters. The van der Waals surface area contributed by atoms with E-state index >= 15 is 0 Å². The average molecular weight is 721 g/mol. The summed E-state index contributed by atoms with van der Waals surface area (Å²) in [6.07, 6.45) is -2.34. The number of hydrogen-bond donors (Lipinski definition) is 1. The fourth-order valence-corrected chi connectivity index (χ4v) is 13.7. The standard InChI is InChI=1S/C37H45N2O9PSi/c1-7-43-49(42,44-8-2)37(27-18-12-9-13-19-27)47-31-30(46-34(32(31)48-37)39-24-26(3)33(40)38-35(39)41)25-45-50(36(4,5)6,28-20-14-10-15-21-28)29-22-16-11-17-23-29/h9-24,30-32,34H,7-8,25H2,1-6H3,(H,38,40,41)/t30-,31-,32-,34-,37+/m1/s1. The van der Waals surface area contributed by atoms with Crippen molar-refractivity contribution in [3.05, 3.63) is 129 Å². The number of aromatic amines is 1. The number of aromatic nitrogens is 2. The molecule has 11 nitrogen and oxygen atoms in total. The summed E-state index contributed by atoms with van der Waals surface area (Å²) in [5.41, 5.74) is -2.45. The Morgan fingerprint density at radius 2 is 1.36 bits per heavy atom. The number of nitrogens with one attached hydrogen (secondary N) is 1. The van der Waals surface area contributed by atoms with Crippen molar-refractivity contribution in [2.45, 2.75) is 76.6 Å². The Balaban J connectivity index is 1.49. The minimum Gasteiger partial charge on any atom is -0.405 e. The van der Waals surface area contributed by atoms with Crippen LogP contribution in [-0.4, -0.2) is 56.0 Å². The highest BCUT2D eigenvalue weighted by Gasteiger charge is 2.68. The largest absolute Gasteiger partial charge is 0.405 e. The minimum atomic E-state index is -4.20. The first-order valence-electron chi connectivity index (χ1n) is 16.9. The molecule has 3 heterocycles. The molecule has 3 aromatic carbocycles. The molecule has 4 aromatic rings. The van der Waals surface area contributed by atoms with Crippen molar-refractivity contribution in [1.29, 1.82) is 0 Å². The molecular formula is C37H45N2O9PSi. The van der Waals surface area contributed by atoms with Gasteiger partial charge in [-0.25, -0.2) is 4.79 Å². The van der Waals surface area contributed by atoms with Gasteiger partial charge in [-0.1, -0.05) is 112 Å². The maximum absolute atomic E-state index is 14.8. The maximum atomic E-state index is 14.8. The molecular weight excluding hydrogens is 675 g/mol. The van der Waals surface area contributed by atoms with Gasteiger partial charge in [0, 0.05) is 17.3 Å². The normalized spacial score (nSPS) is 24.0. The molecule has 0 spiro atoms. The highest BCUT2D eigenvalue weighted by molar-refractivity contribution is 7.54. The third kappa shape index (κ3) is 6.22. The van der Waals surface area contributed by atoms with Crippen LogP contribution in [0.15, 0.2) is 107 Å². The van der Waals surface area contributed by atoms with Crippen LogP contribution in [-0.2, 0) is 37.8 Å². The molecule has 13 heteroatoms. The fourth-order valence-electron chi connectivity index (χ4n) is 7.09. The van der Waals surface area contributed by atoms with E-state index in [-0.39, 0.29) is 24.9 Å². The molecule has 0 saturated carbocycles. The number of rotatable bonds is 12. The number of ether oxygens (including phenoxy) is 3. The van der Waals surface area contributed by atoms with Crippen LogP contribution < -0.4 is 21.6 Å². The van der Waals surface area contributed by atoms with E-state index in [0.717, 1.165) is 10.4 Å². The van der Waals surface area contributed by atoms with Gasteiger partial charge in [0.05, 0.1) is 19.8 Å². The van der Waals surface area contributed by atoms with E-state index in [1.807, 2.05) is 42.5 Å². The van der Waals surface area contributed by atoms with Gasteiger partial charge in [0.25, 0.3) is 13.9 Å². The lowest BCUT2D eigenvalue weighted by atomic mass is 10.1. The van der Waals surface area contributed by atoms with Crippen LogP contribution in [0.1, 0.15) is 52.0 Å². The summed E-state index contributed by atoms with van der Waals surface area (Å²) in [6, 6.07) is 29.3. The Hall–Kier alpha value is -3.45. The first-order valence-corrected chi connectivity index (χ1v) is 20.4. The zero-order valence-corrected chi connectivity index (χ0v) is 31.1. The zero-order valence-electron chi connectivity index (χ0n) is 29.2. The summed E-state index contributed by atoms with van der Waals surface area (Å²) in [7, 11) is -7.25. The van der Waals surface area contributed by atoms with Crippen LogP contribution in [0.4, 0.5) is 0 Å². The van der Waals surface area contributed by atoms with Crippen molar-refractivity contribution in [3.63, 3.8) is 0 Å². The van der Waals surface area contributed by atoms with E-state index in [1.54, 1.807) is 45.0 Å². The fraction of sp³-hybridized carbons (Fsp3) is 0.405. The summed E-state index contributed by atoms with van der Waals surface area (Å²) in [4.78, 5) is 28.1. The Labute approximate surface area is 293 Å². The van der Waals surface area contributed by atoms with Crippen molar-refractivity contribution < 1.29 is 32.2 Å². The first-order chi connectivity index (χ1) is 23.9. The summed E-state index contributed by atoms with van der Waals surface area (Å²) >= 11 is 0. The summed E-state index contributed by atoms with van der Waals surface area (Å²) in [5, 5.41) is 1.83. The number of fused-ring (bicyclic) bond motifs is 1. The van der Waals surface area contributed by atoms with Crippen LogP contribution in [0.3, 0.4) is 0 Å². The van der Waals surface area contributed by atoms with Crippen molar-refractivity contribution in [3.8, 4) is 0 Å². The molecule has 6 rings (SSSR count). The van der Waals surface area contributed by atoms with E-state index in [9.17, 15) is 14.2 Å². The van der Waals surface area contributed by atoms with Gasteiger partial charge < -0.3 is 27.7 Å². The molecule has 0 amide bonds. The second-order valence-corrected chi connectivity index (χ2v) is 19.9. The second kappa shape index (κ2) is 14.3. The number of aryl methyl sites for hydroxylation is 1. The van der Waals surface area contributed by atoms with Gasteiger partial charge in [-0.05, 0) is 36.2 Å². The topological polar surface area (TPSA) is 127 Å². The SMILES string of the molecule is CCOP(=O)(OCC)[C@]1(c2ccccc2)O[C@@H]2[C@H](O1)[C@@H](CO[Si](c1ccccc1)(c1ccccc1)C(C)(C)C)O[C@H]2n1cc(C)c(=O)[nH]c1=O. The quantitative estimate of drug-likeness (QED) is 0.156. The van der Waals surface area contributed by atoms with E-state index in [2.05, 4.69) is 50.0 Å². The molecule has 1 aromatic heterocycles. The van der Waals surface area contributed by atoms with Crippen LogP contribution in [0.5, 0.6) is 0 Å². The summed E-state index contributed by atoms with van der Waals surface area (Å²) in [6.45, 7) is 11.7. The van der Waals surface area contributed by atoms with Gasteiger partial charge in [-0.2, -0.15) is 0 Å². The van der Waals surface area contributed by atoms with Crippen molar-refractivity contribution in [1.82, 2.24) is 9.55 Å². The smallest absolute Gasteiger partial charge is 0.394 e. The molecule has 0 radical (unpaired) electrons.